The van der Waals surface area contributed by atoms with E-state index in [0.29, 0.717) is 12.0 Å². The van der Waals surface area contributed by atoms with Gasteiger partial charge in [0, 0.05) is 8.78 Å². The first-order chi connectivity index (χ1) is 10.5. The number of aromatic nitrogens is 1. The van der Waals surface area contributed by atoms with Crippen molar-refractivity contribution in [3.63, 3.8) is 0 Å². The van der Waals surface area contributed by atoms with Crippen LogP contribution in [0.25, 0.3) is 0 Å². The van der Waals surface area contributed by atoms with Gasteiger partial charge in [-0.25, -0.2) is 4.98 Å². The fraction of sp³-hybridized carbons (Fsp3) is 0.571. The summed E-state index contributed by atoms with van der Waals surface area (Å²) in [6.07, 6.45) is -5.63. The molecule has 1 aromatic rings. The van der Waals surface area contributed by atoms with Gasteiger partial charge in [-0.15, -0.1) is 0 Å². The zero-order valence-corrected chi connectivity index (χ0v) is 11.5. The smallest absolute Gasteiger partial charge is 0.309 e. The van der Waals surface area contributed by atoms with E-state index in [9.17, 15) is 18.0 Å². The van der Waals surface area contributed by atoms with Gasteiger partial charge in [0.05, 0.1) is 6.04 Å². The summed E-state index contributed by atoms with van der Waals surface area (Å²) in [5, 5.41) is 5.32. The highest BCUT2D eigenvalue weighted by molar-refractivity contribution is 5.95. The third kappa shape index (κ3) is 2.62. The van der Waals surface area contributed by atoms with Gasteiger partial charge in [-0.3, -0.25) is 4.79 Å². The number of pyridine rings is 1. The molecule has 1 amide bonds. The zero-order chi connectivity index (χ0) is 17.2. The number of hydrogen-bond acceptors (Lipinski definition) is 3. The van der Waals surface area contributed by atoms with Crippen LogP contribution in [0.15, 0.2) is 12.1 Å². The van der Waals surface area contributed by atoms with Crippen LogP contribution in [0.1, 0.15) is 33.7 Å². The second kappa shape index (κ2) is 4.43. The molecule has 1 saturated heterocycles. The number of piperidine rings is 1. The molecule has 21 heavy (non-hydrogen) atoms. The van der Waals surface area contributed by atoms with Crippen LogP contribution < -0.4 is 10.6 Å². The van der Waals surface area contributed by atoms with E-state index in [1.165, 1.54) is 6.07 Å². The summed E-state index contributed by atoms with van der Waals surface area (Å²) in [7, 11) is 0. The first kappa shape index (κ1) is 12.0. The third-order valence-electron chi connectivity index (χ3n) is 3.97. The number of nitrogens with one attached hydrogen (secondary N) is 2. The fourth-order valence-electron chi connectivity index (χ4n) is 2.56. The first-order valence-corrected chi connectivity index (χ1v) is 6.58. The van der Waals surface area contributed by atoms with Crippen LogP contribution in [0, 0.1) is 12.3 Å². The van der Waals surface area contributed by atoms with Gasteiger partial charge in [0.2, 0.25) is 5.91 Å². The number of amides is 1. The Balaban J connectivity index is 1.73. The summed E-state index contributed by atoms with van der Waals surface area (Å²) in [6.45, 7) is 3.31. The number of halogens is 3. The van der Waals surface area contributed by atoms with Crippen molar-refractivity contribution in [2.24, 2.45) is 5.41 Å². The Labute approximate surface area is 122 Å². The molecule has 1 aliphatic carbocycles. The lowest BCUT2D eigenvalue weighted by Crippen LogP contribution is -2.38. The van der Waals surface area contributed by atoms with Crippen molar-refractivity contribution < 1.29 is 20.7 Å². The summed E-state index contributed by atoms with van der Waals surface area (Å²) >= 11 is 0. The number of fused-ring (bicyclic) bond motifs is 1. The van der Waals surface area contributed by atoms with E-state index in [1.807, 2.05) is 0 Å². The lowest BCUT2D eigenvalue weighted by molar-refractivity contribution is -0.141. The van der Waals surface area contributed by atoms with Crippen LogP contribution in [0.4, 0.5) is 19.0 Å². The number of carbonyl (C=O) groups excluding carboxylic acids is 1. The number of carbonyl (C=O) groups is 1. The molecule has 1 aromatic heterocycles. The molecule has 2 N–H and O–H groups in total. The van der Waals surface area contributed by atoms with Crippen LogP contribution in [0.2, 0.25) is 0 Å². The van der Waals surface area contributed by atoms with Gasteiger partial charge >= 0.3 is 6.18 Å². The van der Waals surface area contributed by atoms with Crippen molar-refractivity contribution >= 4 is 11.7 Å². The van der Waals surface area contributed by atoms with Crippen molar-refractivity contribution in [3.8, 4) is 0 Å². The molecule has 2 aliphatic rings. The standard InChI is InChI=1S/C14H16F3N3O/c1-7-3-4-9(14(15,16)17)19-11(7)20-12(21)8-5-13(2)6-10(13)18-8/h3-4,8,10,18H,5-6H2,1-2H3,(H,19,20,21)/t8-,10?,13?/m0/s1/i6D2. The van der Waals surface area contributed by atoms with Gasteiger partial charge in [0.25, 0.3) is 0 Å². The number of rotatable bonds is 2. The van der Waals surface area contributed by atoms with Crippen molar-refractivity contribution in [1.82, 2.24) is 10.3 Å². The Morgan fingerprint density at radius 1 is 1.57 bits per heavy atom. The van der Waals surface area contributed by atoms with Gasteiger partial charge in [0.15, 0.2) is 0 Å². The number of nitrogens with zero attached hydrogens (tertiary/aromatic N) is 1. The predicted octanol–water partition coefficient (Wildman–Crippen LogP) is 2.49. The number of hydrogen-bond donors (Lipinski definition) is 2. The maximum atomic E-state index is 12.7. The highest BCUT2D eigenvalue weighted by Gasteiger charge is 2.58. The topological polar surface area (TPSA) is 54.0 Å². The largest absolute Gasteiger partial charge is 0.433 e. The number of aryl methyl sites for hydroxylation is 1. The van der Waals surface area contributed by atoms with E-state index >= 15 is 0 Å². The molecule has 2 heterocycles. The maximum Gasteiger partial charge on any atom is 0.433 e. The van der Waals surface area contributed by atoms with Crippen LogP contribution >= 0.6 is 0 Å². The monoisotopic (exact) mass is 301 g/mol. The number of alkyl halides is 3. The first-order valence-electron chi connectivity index (χ1n) is 7.58. The van der Waals surface area contributed by atoms with Gasteiger partial charge in [-0.1, -0.05) is 13.0 Å². The molecule has 1 aliphatic heterocycles. The molecule has 2 unspecified atom stereocenters. The van der Waals surface area contributed by atoms with Crippen molar-refractivity contribution in [1.29, 1.82) is 0 Å². The maximum absolute atomic E-state index is 12.7. The minimum Gasteiger partial charge on any atom is -0.309 e. The molecule has 0 spiro atoms. The van der Waals surface area contributed by atoms with Crippen molar-refractivity contribution in [3.05, 3.63) is 23.4 Å². The second-order valence-corrected chi connectivity index (χ2v) is 5.77. The Hall–Kier alpha value is -1.63. The molecule has 0 radical (unpaired) electrons. The van der Waals surface area contributed by atoms with E-state index in [4.69, 9.17) is 2.74 Å². The lowest BCUT2D eigenvalue weighted by atomic mass is 10.0. The molecular formula is C14H16F3N3O. The average Bonchev–Trinajstić information content (AvgIpc) is 2.73. The molecule has 3 atom stereocenters. The van der Waals surface area contributed by atoms with E-state index in [0.717, 1.165) is 6.07 Å². The molecule has 3 rings (SSSR count). The van der Waals surface area contributed by atoms with Gasteiger partial charge in [0.1, 0.15) is 11.5 Å². The molecule has 114 valence electrons. The Bertz CT molecular complexity index is 680. The van der Waals surface area contributed by atoms with E-state index in [-0.39, 0.29) is 5.82 Å². The highest BCUT2D eigenvalue weighted by Crippen LogP contribution is 2.53. The van der Waals surface area contributed by atoms with Gasteiger partial charge < -0.3 is 10.6 Å². The normalized spacial score (nSPS) is 34.7. The van der Waals surface area contributed by atoms with Gasteiger partial charge in [-0.05, 0) is 36.8 Å². The molecule has 2 fully saturated rings. The second-order valence-electron chi connectivity index (χ2n) is 5.77. The Morgan fingerprint density at radius 3 is 2.86 bits per heavy atom. The Morgan fingerprint density at radius 2 is 2.29 bits per heavy atom. The van der Waals surface area contributed by atoms with Crippen LogP contribution in [-0.2, 0) is 11.0 Å². The summed E-state index contributed by atoms with van der Waals surface area (Å²) in [4.78, 5) is 15.7. The van der Waals surface area contributed by atoms with E-state index in [1.54, 1.807) is 13.8 Å². The summed E-state index contributed by atoms with van der Waals surface area (Å²) in [6, 6.07) is 1.08. The van der Waals surface area contributed by atoms with Crippen molar-refractivity contribution in [2.45, 2.75) is 44.9 Å². The number of anilines is 1. The SMILES string of the molecule is [2H]C1([2H])C2N[C@H](C(=O)Nc3nc(C(F)(F)F)ccc3C)CC21C. The molecular weight excluding hydrogens is 283 g/mol. The quantitative estimate of drug-likeness (QED) is 0.882. The lowest BCUT2D eigenvalue weighted by Gasteiger charge is -2.16. The van der Waals surface area contributed by atoms with E-state index < -0.39 is 41.6 Å². The molecule has 1 saturated carbocycles. The minimum absolute atomic E-state index is 0.125. The molecule has 7 heteroatoms. The van der Waals surface area contributed by atoms with Gasteiger partial charge in [-0.2, -0.15) is 13.2 Å². The zero-order valence-electron chi connectivity index (χ0n) is 13.5. The minimum atomic E-state index is -4.58. The van der Waals surface area contributed by atoms with Crippen LogP contribution in [-0.4, -0.2) is 23.0 Å². The van der Waals surface area contributed by atoms with Crippen LogP contribution in [0.5, 0.6) is 0 Å². The average molecular weight is 301 g/mol. The molecule has 0 aromatic carbocycles. The fourth-order valence-corrected chi connectivity index (χ4v) is 2.56. The molecule has 4 nitrogen and oxygen atoms in total. The predicted molar refractivity (Wildman–Crippen MR) is 70.7 cm³/mol. The Kier molecular flexibility index (Phi) is 2.52. The van der Waals surface area contributed by atoms with Crippen LogP contribution in [0.3, 0.4) is 0 Å². The third-order valence-corrected chi connectivity index (χ3v) is 3.97. The summed E-state index contributed by atoms with van der Waals surface area (Å²) < 4.78 is 53.7. The summed E-state index contributed by atoms with van der Waals surface area (Å²) in [5.74, 6) is -0.621. The summed E-state index contributed by atoms with van der Waals surface area (Å²) in [5.41, 5.74) is -1.24. The highest BCUT2D eigenvalue weighted by atomic mass is 19.4. The van der Waals surface area contributed by atoms with E-state index in [2.05, 4.69) is 15.6 Å². The molecule has 0 bridgehead atoms. The van der Waals surface area contributed by atoms with Crippen molar-refractivity contribution in [2.75, 3.05) is 5.32 Å².